The normalized spacial score (nSPS) is 22.4. The van der Waals surface area contributed by atoms with Crippen molar-refractivity contribution >= 4 is 23.1 Å². The van der Waals surface area contributed by atoms with Gasteiger partial charge in [0.1, 0.15) is 5.75 Å². The Kier molecular flexibility index (Phi) is 5.81. The molecule has 0 aliphatic carbocycles. The van der Waals surface area contributed by atoms with Crippen molar-refractivity contribution in [2.75, 3.05) is 26.2 Å². The molecule has 0 unspecified atom stereocenters. The number of halogens is 1. The van der Waals surface area contributed by atoms with Crippen LogP contribution in [-0.4, -0.2) is 57.8 Å². The summed E-state index contributed by atoms with van der Waals surface area (Å²) in [4.78, 5) is 2.25. The summed E-state index contributed by atoms with van der Waals surface area (Å²) in [6.45, 7) is 13.8. The summed E-state index contributed by atoms with van der Waals surface area (Å²) < 4.78 is 52.1. The maximum atomic E-state index is 13.2. The van der Waals surface area contributed by atoms with Gasteiger partial charge in [-0.05, 0) is 63.3 Å². The van der Waals surface area contributed by atoms with Crippen LogP contribution in [0.2, 0.25) is 0 Å². The quantitative estimate of drug-likeness (QED) is 0.575. The number of piperazine rings is 1. The van der Waals surface area contributed by atoms with Crippen molar-refractivity contribution in [3.63, 3.8) is 0 Å². The van der Waals surface area contributed by atoms with E-state index in [1.807, 2.05) is 34.6 Å². The zero-order valence-electron chi connectivity index (χ0n) is 17.0. The average molecular weight is 414 g/mol. The van der Waals surface area contributed by atoms with Gasteiger partial charge in [0.2, 0.25) is 0 Å². The van der Waals surface area contributed by atoms with Crippen LogP contribution in [0.25, 0.3) is 0 Å². The van der Waals surface area contributed by atoms with Gasteiger partial charge in [0, 0.05) is 32.7 Å². The number of hydrogen-bond acceptors (Lipinski definition) is 7. The van der Waals surface area contributed by atoms with Gasteiger partial charge in [0.15, 0.2) is 0 Å². The van der Waals surface area contributed by atoms with E-state index >= 15 is 0 Å². The first-order valence-corrected chi connectivity index (χ1v) is 10.7. The van der Waals surface area contributed by atoms with Gasteiger partial charge in [0.25, 0.3) is 0 Å². The maximum Gasteiger partial charge on any atom is 0.495 e. The third kappa shape index (κ3) is 4.68. The minimum Gasteiger partial charge on any atom is -0.399 e. The first kappa shape index (κ1) is 21.5. The molecule has 10 heteroatoms. The molecule has 3 rings (SSSR count). The second-order valence-electron chi connectivity index (χ2n) is 8.39. The predicted octanol–water partition coefficient (Wildman–Crippen LogP) is 1.29. The molecule has 2 saturated heterocycles. The van der Waals surface area contributed by atoms with Gasteiger partial charge in [-0.25, -0.2) is 0 Å². The van der Waals surface area contributed by atoms with Crippen molar-refractivity contribution in [3.05, 3.63) is 23.3 Å². The van der Waals surface area contributed by atoms with E-state index < -0.39 is 28.8 Å². The first-order valence-electron chi connectivity index (χ1n) is 9.44. The van der Waals surface area contributed by atoms with Gasteiger partial charge in [-0.3, -0.25) is 4.90 Å². The number of nitrogens with one attached hydrogen (secondary N) is 1. The van der Waals surface area contributed by atoms with Crippen LogP contribution < -0.4 is 15.0 Å². The van der Waals surface area contributed by atoms with E-state index in [2.05, 4.69) is 14.4 Å². The van der Waals surface area contributed by atoms with E-state index in [9.17, 15) is 12.3 Å². The van der Waals surface area contributed by atoms with Crippen molar-refractivity contribution in [1.82, 2.24) is 10.2 Å². The SMILES string of the molecule is Cc1c(CN2CCNCC2)cc(OS(=O)(=O)F)cc1B1OC(C)(C)C(C)(C)O1. The van der Waals surface area contributed by atoms with Gasteiger partial charge < -0.3 is 18.8 Å². The van der Waals surface area contributed by atoms with Crippen LogP contribution in [0, 0.1) is 6.92 Å². The fraction of sp³-hybridized carbons (Fsp3) is 0.667. The van der Waals surface area contributed by atoms with Crippen LogP contribution in [-0.2, 0) is 26.4 Å². The van der Waals surface area contributed by atoms with Gasteiger partial charge >= 0.3 is 17.6 Å². The Labute approximate surface area is 167 Å². The minimum atomic E-state index is -5.13. The maximum absolute atomic E-state index is 13.2. The molecule has 0 saturated carbocycles. The molecule has 2 fully saturated rings. The Hall–Kier alpha value is -1.20. The third-order valence-electron chi connectivity index (χ3n) is 5.84. The molecule has 156 valence electrons. The van der Waals surface area contributed by atoms with Gasteiger partial charge in [-0.1, -0.05) is 3.89 Å². The average Bonchev–Trinajstić information content (AvgIpc) is 2.77. The molecule has 1 aromatic rings. The molecule has 0 spiro atoms. The van der Waals surface area contributed by atoms with Crippen LogP contribution in [0.15, 0.2) is 12.1 Å². The molecule has 0 radical (unpaired) electrons. The Morgan fingerprint density at radius 1 is 1.18 bits per heavy atom. The molecule has 0 atom stereocenters. The van der Waals surface area contributed by atoms with Crippen LogP contribution in [0.3, 0.4) is 0 Å². The summed E-state index contributed by atoms with van der Waals surface area (Å²) in [6.07, 6.45) is 0. The van der Waals surface area contributed by atoms with Crippen LogP contribution in [0.5, 0.6) is 5.75 Å². The lowest BCUT2D eigenvalue weighted by molar-refractivity contribution is 0.00578. The lowest BCUT2D eigenvalue weighted by atomic mass is 9.75. The highest BCUT2D eigenvalue weighted by Gasteiger charge is 2.52. The number of nitrogens with zero attached hydrogens (tertiary/aromatic N) is 1. The van der Waals surface area contributed by atoms with Crippen molar-refractivity contribution in [1.29, 1.82) is 0 Å². The van der Waals surface area contributed by atoms with Crippen LogP contribution in [0.1, 0.15) is 38.8 Å². The highest BCUT2D eigenvalue weighted by Crippen LogP contribution is 2.37. The highest BCUT2D eigenvalue weighted by molar-refractivity contribution is 7.81. The molecular weight excluding hydrogens is 386 g/mol. The Morgan fingerprint density at radius 3 is 2.29 bits per heavy atom. The summed E-state index contributed by atoms with van der Waals surface area (Å²) in [5, 5.41) is 3.30. The molecule has 2 heterocycles. The summed E-state index contributed by atoms with van der Waals surface area (Å²) >= 11 is 0. The molecule has 1 N–H and O–H groups in total. The molecule has 0 bridgehead atoms. The largest absolute Gasteiger partial charge is 0.495 e. The predicted molar refractivity (Wildman–Crippen MR) is 106 cm³/mol. The zero-order valence-corrected chi connectivity index (χ0v) is 17.9. The molecule has 7 nitrogen and oxygen atoms in total. The van der Waals surface area contributed by atoms with E-state index in [0.717, 1.165) is 37.3 Å². The Morgan fingerprint density at radius 2 is 1.75 bits per heavy atom. The Bertz CT molecular complexity index is 825. The summed E-state index contributed by atoms with van der Waals surface area (Å²) in [6, 6.07) is 3.05. The molecule has 0 aromatic heterocycles. The topological polar surface area (TPSA) is 77.1 Å². The monoisotopic (exact) mass is 414 g/mol. The van der Waals surface area contributed by atoms with Crippen LogP contribution >= 0.6 is 0 Å². The van der Waals surface area contributed by atoms with Gasteiger partial charge in [-0.15, -0.1) is 0 Å². The lowest BCUT2D eigenvalue weighted by Gasteiger charge is -2.32. The molecule has 2 aliphatic rings. The number of hydrogen-bond donors (Lipinski definition) is 1. The molecular formula is C18H28BFN2O5S. The molecule has 1 aromatic carbocycles. The van der Waals surface area contributed by atoms with Crippen molar-refractivity contribution in [2.45, 2.75) is 52.4 Å². The molecule has 0 amide bonds. The Balaban J connectivity index is 1.98. The van der Waals surface area contributed by atoms with Crippen molar-refractivity contribution < 1.29 is 25.8 Å². The molecule has 28 heavy (non-hydrogen) atoms. The second kappa shape index (κ2) is 7.57. The standard InChI is InChI=1S/C18H28BFN2O5S/c1-13-14(12-22-8-6-21-7-9-22)10-15(25-28(20,23)24)11-16(13)19-26-17(2,3)18(4,5)27-19/h10-11,21H,6-9,12H2,1-5H3. The van der Waals surface area contributed by atoms with E-state index in [1.165, 1.54) is 6.07 Å². The van der Waals surface area contributed by atoms with Crippen molar-refractivity contribution in [3.8, 4) is 5.75 Å². The lowest BCUT2D eigenvalue weighted by Crippen LogP contribution is -2.43. The zero-order chi connectivity index (χ0) is 20.7. The minimum absolute atomic E-state index is 0.0806. The summed E-state index contributed by atoms with van der Waals surface area (Å²) in [7, 11) is -5.83. The van der Waals surface area contributed by atoms with Crippen LogP contribution in [0.4, 0.5) is 3.89 Å². The first-order chi connectivity index (χ1) is 12.9. The third-order valence-corrected chi connectivity index (χ3v) is 6.23. The second-order valence-corrected chi connectivity index (χ2v) is 9.34. The smallest absolute Gasteiger partial charge is 0.399 e. The van der Waals surface area contributed by atoms with E-state index in [0.29, 0.717) is 12.0 Å². The summed E-state index contributed by atoms with van der Waals surface area (Å²) in [5.41, 5.74) is 1.32. The summed E-state index contributed by atoms with van der Waals surface area (Å²) in [5.74, 6) is -0.0806. The van der Waals surface area contributed by atoms with Gasteiger partial charge in [-0.2, -0.15) is 8.42 Å². The van der Waals surface area contributed by atoms with Gasteiger partial charge in [0.05, 0.1) is 11.2 Å². The molecule has 2 aliphatic heterocycles. The number of benzene rings is 1. The number of rotatable bonds is 5. The fourth-order valence-electron chi connectivity index (χ4n) is 3.42. The highest BCUT2D eigenvalue weighted by atomic mass is 32.3. The van der Waals surface area contributed by atoms with E-state index in [1.54, 1.807) is 6.07 Å². The van der Waals surface area contributed by atoms with Crippen molar-refractivity contribution in [2.24, 2.45) is 0 Å². The van der Waals surface area contributed by atoms with E-state index in [4.69, 9.17) is 9.31 Å². The van der Waals surface area contributed by atoms with E-state index in [-0.39, 0.29) is 5.75 Å². The fourth-order valence-corrected chi connectivity index (χ4v) is 3.75.